The molecule has 0 saturated carbocycles. The second-order valence-corrected chi connectivity index (χ2v) is 8.35. The number of sulfonamides is 1. The summed E-state index contributed by atoms with van der Waals surface area (Å²) in [6.07, 6.45) is 0.200. The number of hydrogen-bond acceptors (Lipinski definition) is 4. The molecule has 0 amide bonds. The van der Waals surface area contributed by atoms with Crippen LogP contribution in [0.2, 0.25) is 0 Å². The second-order valence-electron chi connectivity index (χ2n) is 6.72. The van der Waals surface area contributed by atoms with E-state index in [1.807, 2.05) is 18.2 Å². The van der Waals surface area contributed by atoms with Crippen LogP contribution >= 0.6 is 0 Å². The van der Waals surface area contributed by atoms with Gasteiger partial charge in [-0.05, 0) is 42.0 Å². The number of imidazole rings is 1. The zero-order valence-corrected chi connectivity index (χ0v) is 16.7. The lowest BCUT2D eigenvalue weighted by molar-refractivity contribution is -0.137. The summed E-state index contributed by atoms with van der Waals surface area (Å²) in [5, 5.41) is 0.550. The molecule has 2 aromatic heterocycles. The number of H-pyrrole nitrogens is 2. The summed E-state index contributed by atoms with van der Waals surface area (Å²) in [7, 11) is -3.83. The predicted octanol–water partition coefficient (Wildman–Crippen LogP) is 4.33. The monoisotopic (exact) mass is 450 g/mol. The van der Waals surface area contributed by atoms with E-state index in [1.165, 1.54) is 24.7 Å². The zero-order valence-electron chi connectivity index (χ0n) is 15.9. The molecular weight excluding hydrogens is 433 g/mol. The van der Waals surface area contributed by atoms with Gasteiger partial charge in [0.15, 0.2) is 5.03 Å². The van der Waals surface area contributed by atoms with E-state index in [4.69, 9.17) is 4.74 Å². The average molecular weight is 450 g/mol. The number of hydrogen-bond donors (Lipinski definition) is 3. The lowest BCUT2D eigenvalue weighted by atomic mass is 10.1. The number of anilines is 1. The first kappa shape index (κ1) is 20.8. The van der Waals surface area contributed by atoms with Crippen LogP contribution in [0.25, 0.3) is 10.9 Å². The van der Waals surface area contributed by atoms with Gasteiger partial charge in [-0.3, -0.25) is 4.72 Å². The third-order valence-electron chi connectivity index (χ3n) is 4.58. The average Bonchev–Trinajstić information content (AvgIpc) is 3.39. The minimum atomic E-state index is -4.39. The Balaban J connectivity index is 1.44. The molecule has 4 aromatic rings. The summed E-state index contributed by atoms with van der Waals surface area (Å²) < 4.78 is 70.7. The first-order chi connectivity index (χ1) is 14.7. The quantitative estimate of drug-likeness (QED) is 0.390. The molecule has 4 rings (SSSR count). The molecule has 0 atom stereocenters. The number of rotatable bonds is 7. The molecule has 2 aromatic carbocycles. The molecule has 0 fully saturated rings. The molecule has 0 aliphatic carbocycles. The lowest BCUT2D eigenvalue weighted by Crippen LogP contribution is -2.13. The summed E-state index contributed by atoms with van der Waals surface area (Å²) in [5.74, 6) is 0.336. The molecule has 0 aliphatic heterocycles. The van der Waals surface area contributed by atoms with Gasteiger partial charge in [0.05, 0.1) is 24.2 Å². The summed E-state index contributed by atoms with van der Waals surface area (Å²) in [6, 6.07) is 10.00. The Morgan fingerprint density at radius 3 is 2.52 bits per heavy atom. The van der Waals surface area contributed by atoms with E-state index in [1.54, 1.807) is 6.20 Å². The molecule has 0 radical (unpaired) electrons. The SMILES string of the molecule is O=S(=O)(Nc1c[nH]c2ccc(CCOc3ccc(C(F)(F)F)cc3)cc12)c1c[nH]cn1. The van der Waals surface area contributed by atoms with Crippen LogP contribution in [0.15, 0.2) is 66.2 Å². The first-order valence-corrected chi connectivity index (χ1v) is 10.6. The Bertz CT molecular complexity index is 1280. The largest absolute Gasteiger partial charge is 0.493 e. The molecule has 3 N–H and O–H groups in total. The fraction of sp³-hybridized carbons (Fsp3) is 0.150. The van der Waals surface area contributed by atoms with Crippen LogP contribution in [0.3, 0.4) is 0 Å². The van der Waals surface area contributed by atoms with Crippen molar-refractivity contribution in [3.63, 3.8) is 0 Å². The first-order valence-electron chi connectivity index (χ1n) is 9.14. The number of aromatic amines is 2. The maximum atomic E-state index is 12.6. The van der Waals surface area contributed by atoms with E-state index >= 15 is 0 Å². The number of fused-ring (bicyclic) bond motifs is 1. The van der Waals surface area contributed by atoms with Crippen LogP contribution in [-0.4, -0.2) is 30.0 Å². The third-order valence-corrected chi connectivity index (χ3v) is 5.84. The molecular formula is C20H17F3N4O3S. The van der Waals surface area contributed by atoms with Gasteiger partial charge in [0.25, 0.3) is 10.0 Å². The van der Waals surface area contributed by atoms with Gasteiger partial charge in [-0.1, -0.05) is 6.07 Å². The topological polar surface area (TPSA) is 99.9 Å². The fourth-order valence-corrected chi connectivity index (χ4v) is 4.00. The Morgan fingerprint density at radius 2 is 1.84 bits per heavy atom. The van der Waals surface area contributed by atoms with Crippen LogP contribution in [0.4, 0.5) is 18.9 Å². The van der Waals surface area contributed by atoms with Crippen molar-refractivity contribution in [2.45, 2.75) is 17.6 Å². The number of halogens is 3. The van der Waals surface area contributed by atoms with Crippen LogP contribution in [0, 0.1) is 0 Å². The zero-order chi connectivity index (χ0) is 22.1. The van der Waals surface area contributed by atoms with Crippen LogP contribution in [0.5, 0.6) is 5.75 Å². The maximum absolute atomic E-state index is 12.6. The van der Waals surface area contributed by atoms with Gasteiger partial charge in [0.1, 0.15) is 5.75 Å². The highest BCUT2D eigenvalue weighted by Gasteiger charge is 2.30. The van der Waals surface area contributed by atoms with Gasteiger partial charge >= 0.3 is 6.18 Å². The van der Waals surface area contributed by atoms with Crippen LogP contribution in [-0.2, 0) is 22.6 Å². The summed E-state index contributed by atoms with van der Waals surface area (Å²) in [6.45, 7) is 0.246. The van der Waals surface area contributed by atoms with Gasteiger partial charge in [-0.2, -0.15) is 21.6 Å². The smallest absolute Gasteiger partial charge is 0.416 e. The number of alkyl halides is 3. The van der Waals surface area contributed by atoms with Crippen LogP contribution < -0.4 is 9.46 Å². The molecule has 0 unspecified atom stereocenters. The number of aromatic nitrogens is 3. The number of ether oxygens (including phenoxy) is 1. The standard InChI is InChI=1S/C20H17F3N4O3S/c21-20(22,23)14-2-4-15(5-3-14)30-8-7-13-1-6-17-16(9-13)18(10-25-17)27-31(28,29)19-11-24-12-26-19/h1-6,9-12,25,27H,7-8H2,(H,24,26). The summed E-state index contributed by atoms with van der Waals surface area (Å²) >= 11 is 0. The van der Waals surface area contributed by atoms with Gasteiger partial charge in [-0.25, -0.2) is 4.98 Å². The highest BCUT2D eigenvalue weighted by molar-refractivity contribution is 7.92. The van der Waals surface area contributed by atoms with Crippen molar-refractivity contribution in [2.24, 2.45) is 0 Å². The van der Waals surface area contributed by atoms with Crippen molar-refractivity contribution >= 4 is 26.6 Å². The van der Waals surface area contributed by atoms with Crippen molar-refractivity contribution in [1.29, 1.82) is 0 Å². The molecule has 7 nitrogen and oxygen atoms in total. The molecule has 11 heteroatoms. The van der Waals surface area contributed by atoms with E-state index in [0.29, 0.717) is 23.2 Å². The minimum absolute atomic E-state index is 0.122. The van der Waals surface area contributed by atoms with Crippen LogP contribution in [0.1, 0.15) is 11.1 Å². The van der Waals surface area contributed by atoms with E-state index in [-0.39, 0.29) is 11.6 Å². The number of nitrogens with zero attached hydrogens (tertiary/aromatic N) is 1. The third kappa shape index (κ3) is 4.66. The summed E-state index contributed by atoms with van der Waals surface area (Å²) in [5.41, 5.74) is 1.26. The van der Waals surface area contributed by atoms with Gasteiger partial charge < -0.3 is 14.7 Å². The second kappa shape index (κ2) is 7.99. The molecule has 162 valence electrons. The van der Waals surface area contributed by atoms with Crippen molar-refractivity contribution in [3.8, 4) is 5.75 Å². The maximum Gasteiger partial charge on any atom is 0.416 e. The minimum Gasteiger partial charge on any atom is -0.493 e. The van der Waals surface area contributed by atoms with E-state index in [9.17, 15) is 21.6 Å². The Labute approximate surface area is 175 Å². The van der Waals surface area contributed by atoms with Gasteiger partial charge in [-0.15, -0.1) is 0 Å². The van der Waals surface area contributed by atoms with E-state index < -0.39 is 21.8 Å². The predicted molar refractivity (Wildman–Crippen MR) is 108 cm³/mol. The summed E-state index contributed by atoms with van der Waals surface area (Å²) in [4.78, 5) is 9.36. The fourth-order valence-electron chi connectivity index (χ4n) is 3.03. The number of benzene rings is 2. The molecule has 31 heavy (non-hydrogen) atoms. The highest BCUT2D eigenvalue weighted by atomic mass is 32.2. The molecule has 0 aliphatic rings. The Morgan fingerprint density at radius 1 is 1.06 bits per heavy atom. The van der Waals surface area contributed by atoms with Gasteiger partial charge in [0.2, 0.25) is 0 Å². The van der Waals surface area contributed by atoms with Crippen molar-refractivity contribution in [2.75, 3.05) is 11.3 Å². The van der Waals surface area contributed by atoms with Crippen molar-refractivity contribution in [3.05, 3.63) is 72.3 Å². The Hall–Kier alpha value is -3.47. The normalized spacial score (nSPS) is 12.2. The van der Waals surface area contributed by atoms with E-state index in [0.717, 1.165) is 23.2 Å². The lowest BCUT2D eigenvalue weighted by Gasteiger charge is -2.09. The van der Waals surface area contributed by atoms with Crippen molar-refractivity contribution in [1.82, 2.24) is 15.0 Å². The molecule has 2 heterocycles. The van der Waals surface area contributed by atoms with E-state index in [2.05, 4.69) is 19.7 Å². The molecule has 0 bridgehead atoms. The van der Waals surface area contributed by atoms with Gasteiger partial charge in [0, 0.05) is 29.7 Å². The molecule has 0 saturated heterocycles. The highest BCUT2D eigenvalue weighted by Crippen LogP contribution is 2.30. The number of nitrogens with one attached hydrogen (secondary N) is 3. The van der Waals surface area contributed by atoms with Crippen molar-refractivity contribution < 1.29 is 26.3 Å². The Kier molecular flexibility index (Phi) is 5.36. The molecule has 0 spiro atoms.